The fourth-order valence-electron chi connectivity index (χ4n) is 3.69. The van der Waals surface area contributed by atoms with E-state index in [0.717, 1.165) is 29.1 Å². The fourth-order valence-corrected chi connectivity index (χ4v) is 3.69. The summed E-state index contributed by atoms with van der Waals surface area (Å²) in [4.78, 5) is 40.1. The Morgan fingerprint density at radius 1 is 1.07 bits per heavy atom. The molecule has 27 heavy (non-hydrogen) atoms. The van der Waals surface area contributed by atoms with E-state index in [-0.39, 0.29) is 25.0 Å². The van der Waals surface area contributed by atoms with Crippen molar-refractivity contribution < 1.29 is 23.9 Å². The Labute approximate surface area is 156 Å². The number of hydrogen-bond donors (Lipinski definition) is 0. The maximum Gasteiger partial charge on any atom is 0.302 e. The highest BCUT2D eigenvalue weighted by atomic mass is 16.5. The molecule has 0 saturated carbocycles. The molecule has 2 heterocycles. The number of imide groups is 1. The molecule has 0 spiro atoms. The summed E-state index contributed by atoms with van der Waals surface area (Å²) in [6.45, 7) is 4.19. The summed E-state index contributed by atoms with van der Waals surface area (Å²) in [5.41, 5.74) is 2.01. The third-order valence-corrected chi connectivity index (χ3v) is 4.94. The van der Waals surface area contributed by atoms with Crippen molar-refractivity contribution in [2.24, 2.45) is 0 Å². The van der Waals surface area contributed by atoms with E-state index >= 15 is 0 Å². The van der Waals surface area contributed by atoms with Crippen LogP contribution in [0.15, 0.2) is 30.3 Å². The maximum atomic E-state index is 12.9. The molecule has 2 aliphatic rings. The van der Waals surface area contributed by atoms with Crippen LogP contribution in [0.3, 0.4) is 0 Å². The minimum atomic E-state index is -0.440. The second kappa shape index (κ2) is 7.00. The lowest BCUT2D eigenvalue weighted by molar-refractivity contribution is -0.141. The first-order valence-electron chi connectivity index (χ1n) is 8.96. The lowest BCUT2D eigenvalue weighted by Crippen LogP contribution is -2.42. The average Bonchev–Trinajstić information content (AvgIpc) is 2.68. The molecule has 0 N–H and O–H groups in total. The van der Waals surface area contributed by atoms with Crippen molar-refractivity contribution in [2.75, 3.05) is 44.4 Å². The van der Waals surface area contributed by atoms with E-state index in [1.54, 1.807) is 12.1 Å². The van der Waals surface area contributed by atoms with Crippen molar-refractivity contribution in [1.82, 2.24) is 4.90 Å². The van der Waals surface area contributed by atoms with Gasteiger partial charge in [0.05, 0.1) is 19.8 Å². The van der Waals surface area contributed by atoms with Gasteiger partial charge < -0.3 is 14.4 Å². The Morgan fingerprint density at radius 3 is 2.48 bits per heavy atom. The highest BCUT2D eigenvalue weighted by molar-refractivity contribution is 6.26. The van der Waals surface area contributed by atoms with Crippen LogP contribution in [0.25, 0.3) is 10.8 Å². The number of ether oxygens (including phenoxy) is 2. The van der Waals surface area contributed by atoms with E-state index in [4.69, 9.17) is 9.47 Å². The molecule has 2 amide bonds. The smallest absolute Gasteiger partial charge is 0.302 e. The second-order valence-electron chi connectivity index (χ2n) is 6.56. The molecule has 0 aromatic heterocycles. The van der Waals surface area contributed by atoms with E-state index in [1.165, 1.54) is 6.92 Å². The summed E-state index contributed by atoms with van der Waals surface area (Å²) >= 11 is 0. The predicted molar refractivity (Wildman–Crippen MR) is 99.0 cm³/mol. The molecule has 0 aliphatic carbocycles. The van der Waals surface area contributed by atoms with Gasteiger partial charge in [0.1, 0.15) is 6.61 Å². The molecule has 0 radical (unpaired) electrons. The molecule has 4 rings (SSSR count). The molecule has 7 nitrogen and oxygen atoms in total. The predicted octanol–water partition coefficient (Wildman–Crippen LogP) is 1.84. The second-order valence-corrected chi connectivity index (χ2v) is 6.56. The van der Waals surface area contributed by atoms with Crippen LogP contribution in [0.4, 0.5) is 5.69 Å². The van der Waals surface area contributed by atoms with Crippen LogP contribution in [-0.2, 0) is 14.3 Å². The first-order valence-corrected chi connectivity index (χ1v) is 8.96. The summed E-state index contributed by atoms with van der Waals surface area (Å²) in [5.74, 6) is -1.15. The van der Waals surface area contributed by atoms with Crippen LogP contribution in [0.5, 0.6) is 0 Å². The molecular formula is C20H20N2O5. The van der Waals surface area contributed by atoms with Crippen LogP contribution >= 0.6 is 0 Å². The van der Waals surface area contributed by atoms with Crippen molar-refractivity contribution in [1.29, 1.82) is 0 Å². The van der Waals surface area contributed by atoms with E-state index in [1.807, 2.05) is 18.2 Å². The number of esters is 1. The molecule has 0 atom stereocenters. The highest BCUT2D eigenvalue weighted by Gasteiger charge is 2.33. The lowest BCUT2D eigenvalue weighted by Gasteiger charge is -2.32. The Morgan fingerprint density at radius 2 is 1.78 bits per heavy atom. The van der Waals surface area contributed by atoms with E-state index in [0.29, 0.717) is 29.7 Å². The number of amides is 2. The maximum absolute atomic E-state index is 12.9. The summed E-state index contributed by atoms with van der Waals surface area (Å²) in [6, 6.07) is 9.24. The zero-order chi connectivity index (χ0) is 19.0. The number of nitrogens with zero attached hydrogens (tertiary/aromatic N) is 2. The van der Waals surface area contributed by atoms with Gasteiger partial charge in [-0.05, 0) is 18.2 Å². The van der Waals surface area contributed by atoms with Crippen LogP contribution in [-0.4, -0.2) is 62.1 Å². The minimum Gasteiger partial charge on any atom is -0.464 e. The molecule has 1 saturated heterocycles. The van der Waals surface area contributed by atoms with Crippen molar-refractivity contribution in [2.45, 2.75) is 6.92 Å². The van der Waals surface area contributed by atoms with Gasteiger partial charge in [-0.15, -0.1) is 0 Å². The van der Waals surface area contributed by atoms with Gasteiger partial charge in [-0.2, -0.15) is 0 Å². The molecule has 0 bridgehead atoms. The first-order chi connectivity index (χ1) is 13.1. The Hall–Kier alpha value is -2.93. The van der Waals surface area contributed by atoms with Gasteiger partial charge in [-0.1, -0.05) is 12.1 Å². The Bertz CT molecular complexity index is 911. The average molecular weight is 368 g/mol. The van der Waals surface area contributed by atoms with Crippen molar-refractivity contribution >= 4 is 34.2 Å². The minimum absolute atomic E-state index is 0.00994. The van der Waals surface area contributed by atoms with Crippen molar-refractivity contribution in [3.05, 3.63) is 41.5 Å². The van der Waals surface area contributed by atoms with Crippen molar-refractivity contribution in [3.8, 4) is 0 Å². The topological polar surface area (TPSA) is 76.2 Å². The summed E-state index contributed by atoms with van der Waals surface area (Å²) in [6.07, 6.45) is 0. The van der Waals surface area contributed by atoms with Gasteiger partial charge in [-0.25, -0.2) is 0 Å². The monoisotopic (exact) mass is 368 g/mol. The summed E-state index contributed by atoms with van der Waals surface area (Å²) in [7, 11) is 0. The van der Waals surface area contributed by atoms with Gasteiger partial charge in [0.25, 0.3) is 11.8 Å². The zero-order valence-corrected chi connectivity index (χ0v) is 15.1. The summed E-state index contributed by atoms with van der Waals surface area (Å²) in [5, 5.41) is 1.59. The molecule has 0 unspecified atom stereocenters. The van der Waals surface area contributed by atoms with Crippen LogP contribution in [0.2, 0.25) is 0 Å². The van der Waals surface area contributed by atoms with Crippen molar-refractivity contribution in [3.63, 3.8) is 0 Å². The normalized spacial score (nSPS) is 16.8. The lowest BCUT2D eigenvalue weighted by atomic mass is 9.92. The number of rotatable bonds is 4. The van der Waals surface area contributed by atoms with E-state index in [2.05, 4.69) is 4.90 Å². The zero-order valence-electron chi connectivity index (χ0n) is 15.1. The molecule has 7 heteroatoms. The number of benzene rings is 2. The third-order valence-electron chi connectivity index (χ3n) is 4.94. The van der Waals surface area contributed by atoms with Gasteiger partial charge in [-0.3, -0.25) is 19.3 Å². The molecule has 2 aromatic rings. The first kappa shape index (κ1) is 17.5. The van der Waals surface area contributed by atoms with Crippen LogP contribution < -0.4 is 4.90 Å². The molecule has 1 fully saturated rings. The molecule has 2 aliphatic heterocycles. The molecule has 2 aromatic carbocycles. The van der Waals surface area contributed by atoms with Gasteiger partial charge in [0.2, 0.25) is 0 Å². The van der Waals surface area contributed by atoms with Crippen LogP contribution in [0, 0.1) is 0 Å². The van der Waals surface area contributed by atoms with E-state index < -0.39 is 5.97 Å². The third kappa shape index (κ3) is 3.04. The Balaban J connectivity index is 1.75. The van der Waals surface area contributed by atoms with Gasteiger partial charge >= 0.3 is 5.97 Å². The largest absolute Gasteiger partial charge is 0.464 e. The summed E-state index contributed by atoms with van der Waals surface area (Å²) < 4.78 is 10.3. The molecular weight excluding hydrogens is 348 g/mol. The van der Waals surface area contributed by atoms with Gasteiger partial charge in [0, 0.05) is 47.6 Å². The fraction of sp³-hybridized carbons (Fsp3) is 0.350. The number of hydrogen-bond acceptors (Lipinski definition) is 6. The number of morpholine rings is 1. The van der Waals surface area contributed by atoms with Gasteiger partial charge in [0.15, 0.2) is 0 Å². The number of anilines is 1. The number of carbonyl (C=O) groups is 3. The van der Waals surface area contributed by atoms with E-state index in [9.17, 15) is 14.4 Å². The van der Waals surface area contributed by atoms with Crippen LogP contribution in [0.1, 0.15) is 27.6 Å². The quantitative estimate of drug-likeness (QED) is 0.605. The highest BCUT2D eigenvalue weighted by Crippen LogP contribution is 2.36. The SMILES string of the molecule is CC(=O)OCCN1C(=O)c2cccc3c(N4CCOCC4)ccc(c23)C1=O. The number of carbonyl (C=O) groups excluding carboxylic acids is 3. The Kier molecular flexibility index (Phi) is 4.53. The molecule has 140 valence electrons. The standard InChI is InChI=1S/C20H20N2O5/c1-13(23)27-12-9-22-19(24)15-4-2-3-14-17(21-7-10-26-11-8-21)6-5-16(18(14)15)20(22)25/h2-6H,7-12H2,1H3.